The maximum Gasteiger partial charge on any atom is 0.336 e. The topological polar surface area (TPSA) is 59.3 Å². The van der Waals surface area contributed by atoms with Gasteiger partial charge in [-0.1, -0.05) is 11.6 Å². The first-order valence-electron chi connectivity index (χ1n) is 5.67. The maximum atomic E-state index is 11.5. The molecule has 19 heavy (non-hydrogen) atoms. The van der Waals surface area contributed by atoms with Gasteiger partial charge in [-0.2, -0.15) is 5.26 Å². The molecule has 0 atom stereocenters. The average Bonchev–Trinajstić information content (AvgIpc) is 2.36. The van der Waals surface area contributed by atoms with E-state index in [2.05, 4.69) is 0 Å². The molecule has 0 heterocycles. The lowest BCUT2D eigenvalue weighted by molar-refractivity contribution is -0.129. The molecule has 0 aromatic heterocycles. The molecule has 0 aliphatic carbocycles. The van der Waals surface area contributed by atoms with Gasteiger partial charge in [-0.25, -0.2) is 4.79 Å². The largest absolute Gasteiger partial charge is 0.493 e. The minimum absolute atomic E-state index is 0.346. The Hall–Kier alpha value is -2.54. The van der Waals surface area contributed by atoms with Crippen LogP contribution in [0.5, 0.6) is 11.5 Å². The van der Waals surface area contributed by atoms with Crippen LogP contribution in [-0.2, 0) is 4.79 Å². The number of nitriles is 1. The number of allylic oxidation sites excluding steroid dienone is 2. The Kier molecular flexibility index (Phi) is 5.36. The Bertz CT molecular complexity index is 561. The van der Waals surface area contributed by atoms with Crippen molar-refractivity contribution in [3.63, 3.8) is 0 Å². The molecule has 1 rings (SSSR count). The molecule has 0 aliphatic heterocycles. The summed E-state index contributed by atoms with van der Waals surface area (Å²) in [5, 5.41) is 8.47. The Morgan fingerprint density at radius 2 is 2.05 bits per heavy atom. The van der Waals surface area contributed by atoms with Crippen LogP contribution < -0.4 is 9.47 Å². The van der Waals surface area contributed by atoms with Crippen LogP contribution in [0.25, 0.3) is 6.08 Å². The van der Waals surface area contributed by atoms with Crippen LogP contribution in [0.15, 0.2) is 35.9 Å². The highest BCUT2D eigenvalue weighted by Crippen LogP contribution is 2.28. The van der Waals surface area contributed by atoms with Crippen LogP contribution in [0, 0.1) is 11.3 Å². The van der Waals surface area contributed by atoms with E-state index >= 15 is 0 Å². The number of esters is 1. The molecular weight excluding hydrogens is 242 g/mol. The summed E-state index contributed by atoms with van der Waals surface area (Å²) in [6.07, 6.45) is 4.41. The summed E-state index contributed by atoms with van der Waals surface area (Å²) in [7, 11) is 1.49. The number of hydrogen-bond acceptors (Lipinski definition) is 4. The van der Waals surface area contributed by atoms with Crippen LogP contribution in [0.1, 0.15) is 19.4 Å². The molecule has 98 valence electrons. The molecule has 0 saturated heterocycles. The van der Waals surface area contributed by atoms with E-state index in [1.165, 1.54) is 19.3 Å². The molecule has 0 spiro atoms. The van der Waals surface area contributed by atoms with Crippen LogP contribution in [0.3, 0.4) is 0 Å². The molecule has 0 fully saturated rings. The lowest BCUT2D eigenvalue weighted by Gasteiger charge is -2.08. The molecule has 0 bridgehead atoms. The molecule has 4 nitrogen and oxygen atoms in total. The summed E-state index contributed by atoms with van der Waals surface area (Å²) in [4.78, 5) is 11.5. The molecule has 0 N–H and O–H groups in total. The number of nitrogens with zero attached hydrogens (tertiary/aromatic N) is 1. The fraction of sp³-hybridized carbons (Fsp3) is 0.200. The van der Waals surface area contributed by atoms with Crippen molar-refractivity contribution < 1.29 is 14.3 Å². The van der Waals surface area contributed by atoms with E-state index in [1.54, 1.807) is 24.3 Å². The van der Waals surface area contributed by atoms with E-state index in [-0.39, 0.29) is 0 Å². The summed E-state index contributed by atoms with van der Waals surface area (Å²) < 4.78 is 10.3. The molecular formula is C15H15NO3. The van der Waals surface area contributed by atoms with E-state index in [1.807, 2.05) is 19.9 Å². The van der Waals surface area contributed by atoms with Crippen molar-refractivity contribution in [3.8, 4) is 17.6 Å². The van der Waals surface area contributed by atoms with Gasteiger partial charge in [-0.05, 0) is 37.6 Å². The fourth-order valence-electron chi connectivity index (χ4n) is 1.38. The van der Waals surface area contributed by atoms with Gasteiger partial charge in [0.1, 0.15) is 0 Å². The standard InChI is InChI=1S/C15H15NO3/c1-11(2)9-15(17)19-13-7-6-12(5-4-8-16)10-14(13)18-3/h4-7,9-10H,1-3H3/b5-4-. The lowest BCUT2D eigenvalue weighted by atomic mass is 10.2. The fourth-order valence-corrected chi connectivity index (χ4v) is 1.38. The van der Waals surface area contributed by atoms with E-state index in [9.17, 15) is 4.79 Å². The maximum absolute atomic E-state index is 11.5. The Morgan fingerprint density at radius 1 is 1.32 bits per heavy atom. The molecule has 1 aromatic rings. The summed E-state index contributed by atoms with van der Waals surface area (Å²) >= 11 is 0. The van der Waals surface area contributed by atoms with Gasteiger partial charge in [0.05, 0.1) is 13.2 Å². The summed E-state index contributed by atoms with van der Waals surface area (Å²) in [5.41, 5.74) is 1.65. The molecule has 1 aromatic carbocycles. The highest BCUT2D eigenvalue weighted by atomic mass is 16.6. The Balaban J connectivity index is 2.97. The van der Waals surface area contributed by atoms with Gasteiger partial charge < -0.3 is 9.47 Å². The number of methoxy groups -OCH3 is 1. The second-order valence-electron chi connectivity index (χ2n) is 4.02. The zero-order chi connectivity index (χ0) is 14.3. The SMILES string of the molecule is COc1cc(/C=C\C#N)ccc1OC(=O)C=C(C)C. The van der Waals surface area contributed by atoms with Crippen molar-refractivity contribution in [2.24, 2.45) is 0 Å². The van der Waals surface area contributed by atoms with Crippen molar-refractivity contribution in [2.75, 3.05) is 7.11 Å². The predicted molar refractivity (Wildman–Crippen MR) is 72.7 cm³/mol. The van der Waals surface area contributed by atoms with E-state index < -0.39 is 5.97 Å². The summed E-state index contributed by atoms with van der Waals surface area (Å²) in [6, 6.07) is 6.97. The van der Waals surface area contributed by atoms with E-state index in [0.717, 1.165) is 11.1 Å². The molecule has 0 amide bonds. The lowest BCUT2D eigenvalue weighted by Crippen LogP contribution is -2.05. The minimum atomic E-state index is -0.446. The predicted octanol–water partition coefficient (Wildman–Crippen LogP) is 3.10. The zero-order valence-corrected chi connectivity index (χ0v) is 11.1. The van der Waals surface area contributed by atoms with E-state index in [4.69, 9.17) is 14.7 Å². The first-order valence-corrected chi connectivity index (χ1v) is 5.67. The van der Waals surface area contributed by atoms with Crippen molar-refractivity contribution >= 4 is 12.0 Å². The van der Waals surface area contributed by atoms with Crippen LogP contribution in [0.4, 0.5) is 0 Å². The van der Waals surface area contributed by atoms with Crippen molar-refractivity contribution in [2.45, 2.75) is 13.8 Å². The molecule has 4 heteroatoms. The van der Waals surface area contributed by atoms with Gasteiger partial charge in [-0.15, -0.1) is 0 Å². The first kappa shape index (κ1) is 14.5. The van der Waals surface area contributed by atoms with Crippen LogP contribution in [0.2, 0.25) is 0 Å². The summed E-state index contributed by atoms with van der Waals surface area (Å²) in [6.45, 7) is 3.63. The normalized spacial score (nSPS) is 9.79. The van der Waals surface area contributed by atoms with Crippen molar-refractivity contribution in [1.29, 1.82) is 5.26 Å². The number of ether oxygens (including phenoxy) is 2. The smallest absolute Gasteiger partial charge is 0.336 e. The third-order valence-electron chi connectivity index (χ3n) is 2.16. The highest BCUT2D eigenvalue weighted by molar-refractivity contribution is 5.85. The molecule has 0 radical (unpaired) electrons. The number of benzene rings is 1. The van der Waals surface area contributed by atoms with Crippen LogP contribution in [-0.4, -0.2) is 13.1 Å². The highest BCUT2D eigenvalue weighted by Gasteiger charge is 2.08. The third kappa shape index (κ3) is 4.68. The van der Waals surface area contributed by atoms with Gasteiger partial charge in [0.15, 0.2) is 11.5 Å². The van der Waals surface area contributed by atoms with Gasteiger partial charge in [-0.3, -0.25) is 0 Å². The second kappa shape index (κ2) is 7.02. The summed E-state index contributed by atoms with van der Waals surface area (Å²) in [5.74, 6) is 0.341. The minimum Gasteiger partial charge on any atom is -0.493 e. The number of rotatable bonds is 4. The Morgan fingerprint density at radius 3 is 2.63 bits per heavy atom. The second-order valence-corrected chi connectivity index (χ2v) is 4.02. The average molecular weight is 257 g/mol. The van der Waals surface area contributed by atoms with Crippen molar-refractivity contribution in [1.82, 2.24) is 0 Å². The van der Waals surface area contributed by atoms with Crippen LogP contribution >= 0.6 is 0 Å². The monoisotopic (exact) mass is 257 g/mol. The number of hydrogen-bond donors (Lipinski definition) is 0. The zero-order valence-electron chi connectivity index (χ0n) is 11.1. The first-order chi connectivity index (χ1) is 9.06. The van der Waals surface area contributed by atoms with Gasteiger partial charge in [0, 0.05) is 12.2 Å². The quantitative estimate of drug-likeness (QED) is 0.360. The van der Waals surface area contributed by atoms with Gasteiger partial charge in [0.25, 0.3) is 0 Å². The van der Waals surface area contributed by atoms with Crippen molar-refractivity contribution in [3.05, 3.63) is 41.5 Å². The molecule has 0 saturated carbocycles. The molecule has 0 unspecified atom stereocenters. The molecule has 0 aliphatic rings. The van der Waals surface area contributed by atoms with Gasteiger partial charge in [0.2, 0.25) is 0 Å². The third-order valence-corrected chi connectivity index (χ3v) is 2.16. The number of carbonyl (C=O) groups excluding carboxylic acids is 1. The van der Waals surface area contributed by atoms with E-state index in [0.29, 0.717) is 11.5 Å². The Labute approximate surface area is 112 Å². The number of carbonyl (C=O) groups is 1. The van der Waals surface area contributed by atoms with Gasteiger partial charge >= 0.3 is 5.97 Å².